The fourth-order valence-electron chi connectivity index (χ4n) is 1.52. The van der Waals surface area contributed by atoms with Crippen LogP contribution in [0.5, 0.6) is 0 Å². The smallest absolute Gasteiger partial charge is 0.372 e. The summed E-state index contributed by atoms with van der Waals surface area (Å²) in [5, 5.41) is 2.65. The molecule has 1 aromatic rings. The van der Waals surface area contributed by atoms with Crippen molar-refractivity contribution in [3.8, 4) is 0 Å². The van der Waals surface area contributed by atoms with Crippen LogP contribution in [-0.2, 0) is 16.1 Å². The molecule has 0 bridgehead atoms. The van der Waals surface area contributed by atoms with Crippen LogP contribution in [0.25, 0.3) is 0 Å². The normalized spacial score (nSPS) is 11.4. The van der Waals surface area contributed by atoms with Crippen LogP contribution in [0.2, 0.25) is 0 Å². The van der Waals surface area contributed by atoms with E-state index in [1.54, 1.807) is 18.2 Å². The largest absolute Gasteiger partial charge is 0.411 e. The van der Waals surface area contributed by atoms with Crippen molar-refractivity contribution < 1.29 is 22.7 Å². The molecule has 0 aromatic heterocycles. The van der Waals surface area contributed by atoms with Crippen molar-refractivity contribution in [3.05, 3.63) is 29.8 Å². The number of amides is 1. The lowest BCUT2D eigenvalue weighted by molar-refractivity contribution is -0.174. The maximum Gasteiger partial charge on any atom is 0.411 e. The minimum absolute atomic E-state index is 0.101. The molecule has 112 valence electrons. The van der Waals surface area contributed by atoms with E-state index in [0.29, 0.717) is 12.2 Å². The van der Waals surface area contributed by atoms with E-state index < -0.39 is 12.8 Å². The fraction of sp³-hybridized carbons (Fsp3) is 0.462. The Balaban J connectivity index is 2.23. The van der Waals surface area contributed by atoms with Crippen LogP contribution in [-0.4, -0.2) is 25.3 Å². The summed E-state index contributed by atoms with van der Waals surface area (Å²) in [6.07, 6.45) is -3.99. The van der Waals surface area contributed by atoms with Gasteiger partial charge in [0.1, 0.15) is 6.61 Å². The van der Waals surface area contributed by atoms with Gasteiger partial charge in [-0.2, -0.15) is 13.2 Å². The first kappa shape index (κ1) is 16.5. The van der Waals surface area contributed by atoms with Crippen molar-refractivity contribution in [2.24, 2.45) is 5.73 Å². The van der Waals surface area contributed by atoms with Crippen molar-refractivity contribution >= 4 is 11.6 Å². The van der Waals surface area contributed by atoms with Gasteiger partial charge in [0.25, 0.3) is 0 Å². The van der Waals surface area contributed by atoms with Gasteiger partial charge in [0.2, 0.25) is 5.91 Å². The second kappa shape index (κ2) is 7.86. The Bertz CT molecular complexity index is 436. The Morgan fingerprint density at radius 1 is 1.35 bits per heavy atom. The third kappa shape index (κ3) is 7.10. The van der Waals surface area contributed by atoms with Gasteiger partial charge in [-0.1, -0.05) is 12.1 Å². The van der Waals surface area contributed by atoms with E-state index in [2.05, 4.69) is 10.1 Å². The molecular weight excluding hydrogens is 273 g/mol. The molecule has 0 aliphatic carbocycles. The lowest BCUT2D eigenvalue weighted by Gasteiger charge is -2.08. The van der Waals surface area contributed by atoms with E-state index in [-0.39, 0.29) is 25.4 Å². The van der Waals surface area contributed by atoms with Gasteiger partial charge in [0.05, 0.1) is 0 Å². The number of nitrogens with two attached hydrogens (primary N) is 1. The zero-order valence-corrected chi connectivity index (χ0v) is 10.9. The monoisotopic (exact) mass is 290 g/mol. The third-order valence-corrected chi connectivity index (χ3v) is 2.40. The highest BCUT2D eigenvalue weighted by Gasteiger charge is 2.27. The standard InChI is InChI=1S/C13H17F3N2O2/c14-13(15,16)9-20-6-2-5-12(19)18-11-4-1-3-10(7-11)8-17/h1,3-4,7H,2,5-6,8-9,17H2,(H,18,19). The molecule has 4 nitrogen and oxygen atoms in total. The van der Waals surface area contributed by atoms with Gasteiger partial charge >= 0.3 is 6.18 Å². The summed E-state index contributed by atoms with van der Waals surface area (Å²) in [6, 6.07) is 7.07. The Labute approximate surface area is 115 Å². The van der Waals surface area contributed by atoms with Gasteiger partial charge in [0, 0.05) is 25.3 Å². The molecule has 0 aliphatic rings. The Kier molecular flexibility index (Phi) is 6.47. The third-order valence-electron chi connectivity index (χ3n) is 2.40. The number of carbonyl (C=O) groups excluding carboxylic acids is 1. The number of halogens is 3. The van der Waals surface area contributed by atoms with Crippen molar-refractivity contribution in [1.82, 2.24) is 0 Å². The maximum atomic E-state index is 11.8. The summed E-state index contributed by atoms with van der Waals surface area (Å²) >= 11 is 0. The molecule has 1 aromatic carbocycles. The van der Waals surface area contributed by atoms with E-state index in [1.807, 2.05) is 6.07 Å². The maximum absolute atomic E-state index is 11.8. The minimum Gasteiger partial charge on any atom is -0.372 e. The SMILES string of the molecule is NCc1cccc(NC(=O)CCCOCC(F)(F)F)c1. The van der Waals surface area contributed by atoms with Gasteiger partial charge in [-0.3, -0.25) is 4.79 Å². The Morgan fingerprint density at radius 2 is 2.10 bits per heavy atom. The molecule has 0 aliphatic heterocycles. The summed E-state index contributed by atoms with van der Waals surface area (Å²) in [6.45, 7) is -1.02. The molecule has 0 atom stereocenters. The van der Waals surface area contributed by atoms with Crippen LogP contribution in [0.15, 0.2) is 24.3 Å². The Hall–Kier alpha value is -1.60. The lowest BCUT2D eigenvalue weighted by atomic mass is 10.2. The molecule has 0 saturated carbocycles. The summed E-state index contributed by atoms with van der Waals surface area (Å²) in [7, 11) is 0. The molecule has 20 heavy (non-hydrogen) atoms. The number of alkyl halides is 3. The minimum atomic E-state index is -4.33. The number of hydrogen-bond acceptors (Lipinski definition) is 3. The predicted molar refractivity (Wildman–Crippen MR) is 69.1 cm³/mol. The molecule has 1 rings (SSSR count). The first-order valence-electron chi connectivity index (χ1n) is 6.14. The zero-order chi connectivity index (χ0) is 15.0. The molecule has 0 heterocycles. The van der Waals surface area contributed by atoms with Gasteiger partial charge in [-0.25, -0.2) is 0 Å². The van der Waals surface area contributed by atoms with E-state index in [1.165, 1.54) is 0 Å². The lowest BCUT2D eigenvalue weighted by Crippen LogP contribution is -2.18. The summed E-state index contributed by atoms with van der Waals surface area (Å²) in [5.74, 6) is -0.269. The molecule has 1 amide bonds. The molecule has 0 fully saturated rings. The first-order valence-corrected chi connectivity index (χ1v) is 6.14. The number of hydrogen-bond donors (Lipinski definition) is 2. The van der Waals surface area contributed by atoms with Crippen molar-refractivity contribution in [1.29, 1.82) is 0 Å². The Morgan fingerprint density at radius 3 is 2.75 bits per heavy atom. The number of benzene rings is 1. The van der Waals surface area contributed by atoms with Gasteiger partial charge in [0.15, 0.2) is 0 Å². The second-order valence-corrected chi connectivity index (χ2v) is 4.22. The van der Waals surface area contributed by atoms with Crippen molar-refractivity contribution in [3.63, 3.8) is 0 Å². The molecule has 3 N–H and O–H groups in total. The number of nitrogens with one attached hydrogen (secondary N) is 1. The second-order valence-electron chi connectivity index (χ2n) is 4.22. The molecular formula is C13H17F3N2O2. The van der Waals surface area contributed by atoms with E-state index in [4.69, 9.17) is 5.73 Å². The first-order chi connectivity index (χ1) is 9.40. The molecule has 0 saturated heterocycles. The highest BCUT2D eigenvalue weighted by Crippen LogP contribution is 2.14. The number of rotatable bonds is 7. The van der Waals surface area contributed by atoms with Crippen LogP contribution in [0, 0.1) is 0 Å². The van der Waals surface area contributed by atoms with Crippen LogP contribution in [0.3, 0.4) is 0 Å². The van der Waals surface area contributed by atoms with E-state index in [0.717, 1.165) is 5.56 Å². The van der Waals surface area contributed by atoms with Crippen LogP contribution >= 0.6 is 0 Å². The van der Waals surface area contributed by atoms with Gasteiger partial charge < -0.3 is 15.8 Å². The summed E-state index contributed by atoms with van der Waals surface area (Å²) in [5.41, 5.74) is 6.98. The molecule has 0 spiro atoms. The van der Waals surface area contributed by atoms with Crippen molar-refractivity contribution in [2.75, 3.05) is 18.5 Å². The predicted octanol–water partition coefficient (Wildman–Crippen LogP) is 2.44. The number of ether oxygens (including phenoxy) is 1. The highest BCUT2D eigenvalue weighted by molar-refractivity contribution is 5.90. The molecule has 0 unspecified atom stereocenters. The molecule has 7 heteroatoms. The summed E-state index contributed by atoms with van der Waals surface area (Å²) in [4.78, 5) is 11.6. The molecule has 0 radical (unpaired) electrons. The van der Waals surface area contributed by atoms with Crippen LogP contribution < -0.4 is 11.1 Å². The number of anilines is 1. The average molecular weight is 290 g/mol. The van der Waals surface area contributed by atoms with E-state index in [9.17, 15) is 18.0 Å². The quantitative estimate of drug-likeness (QED) is 0.758. The topological polar surface area (TPSA) is 64.3 Å². The summed E-state index contributed by atoms with van der Waals surface area (Å²) < 4.78 is 39.8. The van der Waals surface area contributed by atoms with Crippen LogP contribution in [0.4, 0.5) is 18.9 Å². The zero-order valence-electron chi connectivity index (χ0n) is 10.9. The van der Waals surface area contributed by atoms with E-state index >= 15 is 0 Å². The number of carbonyl (C=O) groups is 1. The van der Waals surface area contributed by atoms with Gasteiger partial charge in [-0.05, 0) is 24.1 Å². The highest BCUT2D eigenvalue weighted by atomic mass is 19.4. The fourth-order valence-corrected chi connectivity index (χ4v) is 1.52. The van der Waals surface area contributed by atoms with Crippen molar-refractivity contribution in [2.45, 2.75) is 25.6 Å². The average Bonchev–Trinajstić information content (AvgIpc) is 2.37. The van der Waals surface area contributed by atoms with Gasteiger partial charge in [-0.15, -0.1) is 0 Å². The van der Waals surface area contributed by atoms with Crippen LogP contribution in [0.1, 0.15) is 18.4 Å².